The minimum Gasteiger partial charge on any atom is -0.388 e. The van der Waals surface area contributed by atoms with Crippen LogP contribution in [-0.4, -0.2) is 6.21 Å². The lowest BCUT2D eigenvalue weighted by atomic mass is 10.2. The van der Waals surface area contributed by atoms with Crippen molar-refractivity contribution >= 4 is 6.21 Å². The molecule has 4 nitrogen and oxygen atoms in total. The molecule has 0 spiro atoms. The van der Waals surface area contributed by atoms with E-state index in [4.69, 9.17) is 16.3 Å². The molecule has 0 aromatic heterocycles. The Labute approximate surface area is 91.8 Å². The number of aliphatic imine (C=N–C) groups is 1. The fourth-order valence-corrected chi connectivity index (χ4v) is 0.900. The first-order valence-electron chi connectivity index (χ1n) is 4.27. The van der Waals surface area contributed by atoms with Crippen LogP contribution in [0.4, 0.5) is 4.39 Å². The third kappa shape index (κ3) is 2.93. The van der Waals surface area contributed by atoms with E-state index in [0.717, 1.165) is 0 Å². The monoisotopic (exact) mass is 214 g/mol. The van der Waals surface area contributed by atoms with Gasteiger partial charge in [0.15, 0.2) is 5.70 Å². The summed E-state index contributed by atoms with van der Waals surface area (Å²) in [6.07, 6.45) is 1.34. The predicted molar refractivity (Wildman–Crippen MR) is 56.4 cm³/mol. The normalized spacial score (nSPS) is 11.7. The minimum atomic E-state index is -0.357. The zero-order valence-electron chi connectivity index (χ0n) is 8.18. The van der Waals surface area contributed by atoms with E-state index >= 15 is 0 Å². The number of hydrogen-bond donors (Lipinski definition) is 1. The molecule has 0 saturated carbocycles. The van der Waals surface area contributed by atoms with Gasteiger partial charge in [-0.1, -0.05) is 12.1 Å². The Balaban J connectivity index is 2.94. The molecule has 5 heteroatoms. The van der Waals surface area contributed by atoms with Crippen molar-refractivity contribution in [3.05, 3.63) is 47.0 Å². The lowest BCUT2D eigenvalue weighted by Gasteiger charge is -1.93. The second kappa shape index (κ2) is 5.28. The van der Waals surface area contributed by atoms with Crippen molar-refractivity contribution in [1.82, 2.24) is 0 Å². The van der Waals surface area contributed by atoms with Crippen molar-refractivity contribution < 1.29 is 4.39 Å². The fourth-order valence-electron chi connectivity index (χ4n) is 0.900. The maximum absolute atomic E-state index is 12.6. The van der Waals surface area contributed by atoms with Gasteiger partial charge < -0.3 is 5.73 Å². The van der Waals surface area contributed by atoms with E-state index in [2.05, 4.69) is 4.99 Å². The number of nitriles is 2. The van der Waals surface area contributed by atoms with Crippen molar-refractivity contribution in [3.63, 3.8) is 0 Å². The topological polar surface area (TPSA) is 86.0 Å². The molecule has 78 valence electrons. The number of nitrogens with two attached hydrogens (primary N) is 1. The summed E-state index contributed by atoms with van der Waals surface area (Å²) < 4.78 is 12.6. The van der Waals surface area contributed by atoms with Crippen molar-refractivity contribution in [2.45, 2.75) is 0 Å². The Morgan fingerprint density at radius 1 is 1.25 bits per heavy atom. The maximum atomic E-state index is 12.6. The molecule has 0 saturated heterocycles. The van der Waals surface area contributed by atoms with Crippen LogP contribution in [0.5, 0.6) is 0 Å². The number of benzene rings is 1. The SMILES string of the molecule is N#C/C(N)=C(\C#N)N=Cc1ccc(F)cc1. The molecule has 0 radical (unpaired) electrons. The molecule has 1 rings (SSSR count). The molecule has 0 heterocycles. The van der Waals surface area contributed by atoms with Gasteiger partial charge in [-0.15, -0.1) is 0 Å². The van der Waals surface area contributed by atoms with E-state index < -0.39 is 0 Å². The maximum Gasteiger partial charge on any atom is 0.174 e. The van der Waals surface area contributed by atoms with Gasteiger partial charge in [0, 0.05) is 6.21 Å². The van der Waals surface area contributed by atoms with Gasteiger partial charge in [-0.2, -0.15) is 10.5 Å². The van der Waals surface area contributed by atoms with Gasteiger partial charge in [-0.05, 0) is 17.7 Å². The largest absolute Gasteiger partial charge is 0.388 e. The van der Waals surface area contributed by atoms with Crippen molar-refractivity contribution in [3.8, 4) is 12.1 Å². The van der Waals surface area contributed by atoms with Crippen LogP contribution < -0.4 is 5.73 Å². The summed E-state index contributed by atoms with van der Waals surface area (Å²) in [6, 6.07) is 8.85. The molecule has 0 aliphatic rings. The molecule has 1 aromatic carbocycles. The molecule has 0 fully saturated rings. The highest BCUT2D eigenvalue weighted by molar-refractivity contribution is 5.80. The van der Waals surface area contributed by atoms with Crippen LogP contribution in [0.3, 0.4) is 0 Å². The van der Waals surface area contributed by atoms with Crippen LogP contribution in [-0.2, 0) is 0 Å². The van der Waals surface area contributed by atoms with Gasteiger partial charge in [-0.25, -0.2) is 9.38 Å². The molecule has 0 unspecified atom stereocenters. The first kappa shape index (κ1) is 11.4. The van der Waals surface area contributed by atoms with E-state index in [1.165, 1.54) is 30.5 Å². The highest BCUT2D eigenvalue weighted by Crippen LogP contribution is 2.03. The summed E-state index contributed by atoms with van der Waals surface area (Å²) in [6.45, 7) is 0. The molecule has 0 bridgehead atoms. The molecule has 0 aliphatic carbocycles. The molecule has 0 atom stereocenters. The van der Waals surface area contributed by atoms with E-state index in [-0.39, 0.29) is 17.2 Å². The molecule has 2 N–H and O–H groups in total. The van der Waals surface area contributed by atoms with E-state index in [1.807, 2.05) is 0 Å². The Hall–Kier alpha value is -2.66. The van der Waals surface area contributed by atoms with Crippen LogP contribution in [0, 0.1) is 28.5 Å². The van der Waals surface area contributed by atoms with Gasteiger partial charge in [0.25, 0.3) is 0 Å². The minimum absolute atomic E-state index is 0.160. The third-order valence-corrected chi connectivity index (χ3v) is 1.69. The van der Waals surface area contributed by atoms with Gasteiger partial charge in [0.2, 0.25) is 0 Å². The second-order valence-corrected chi connectivity index (χ2v) is 2.80. The molecule has 0 amide bonds. The van der Waals surface area contributed by atoms with Crippen LogP contribution in [0.25, 0.3) is 0 Å². The predicted octanol–water partition coefficient (Wildman–Crippen LogP) is 1.46. The van der Waals surface area contributed by atoms with E-state index in [9.17, 15) is 4.39 Å². The molecular formula is C11H7FN4. The van der Waals surface area contributed by atoms with Crippen LogP contribution >= 0.6 is 0 Å². The molecule has 16 heavy (non-hydrogen) atoms. The lowest BCUT2D eigenvalue weighted by molar-refractivity contribution is 0.628. The summed E-state index contributed by atoms with van der Waals surface area (Å²) in [5.41, 5.74) is 5.44. The highest BCUT2D eigenvalue weighted by Gasteiger charge is 1.98. The van der Waals surface area contributed by atoms with Gasteiger partial charge >= 0.3 is 0 Å². The standard InChI is InChI=1S/C11H7FN4/c12-9-3-1-8(2-4-9)7-16-11(6-14)10(15)5-13/h1-4,7H,15H2/b11-10-,16-7?. The van der Waals surface area contributed by atoms with Gasteiger partial charge in [0.05, 0.1) is 0 Å². The number of halogens is 1. The average molecular weight is 214 g/mol. The Morgan fingerprint density at radius 3 is 2.38 bits per heavy atom. The highest BCUT2D eigenvalue weighted by atomic mass is 19.1. The lowest BCUT2D eigenvalue weighted by Crippen LogP contribution is -1.97. The van der Waals surface area contributed by atoms with E-state index in [0.29, 0.717) is 5.56 Å². The van der Waals surface area contributed by atoms with Crippen LogP contribution in [0.15, 0.2) is 40.7 Å². The van der Waals surface area contributed by atoms with Crippen LogP contribution in [0.2, 0.25) is 0 Å². The Morgan fingerprint density at radius 2 is 1.88 bits per heavy atom. The van der Waals surface area contributed by atoms with Crippen molar-refractivity contribution in [2.24, 2.45) is 10.7 Å². The number of rotatable bonds is 2. The summed E-state index contributed by atoms with van der Waals surface area (Å²) in [5, 5.41) is 17.1. The first-order chi connectivity index (χ1) is 7.67. The van der Waals surface area contributed by atoms with Crippen molar-refractivity contribution in [1.29, 1.82) is 10.5 Å². The molecule has 0 aliphatic heterocycles. The third-order valence-electron chi connectivity index (χ3n) is 1.69. The number of nitrogens with zero attached hydrogens (tertiary/aromatic N) is 3. The van der Waals surface area contributed by atoms with Gasteiger partial charge in [-0.3, -0.25) is 0 Å². The molecule has 1 aromatic rings. The van der Waals surface area contributed by atoms with Crippen molar-refractivity contribution in [2.75, 3.05) is 0 Å². The zero-order valence-corrected chi connectivity index (χ0v) is 8.18. The second-order valence-electron chi connectivity index (χ2n) is 2.80. The first-order valence-corrected chi connectivity index (χ1v) is 4.27. The van der Waals surface area contributed by atoms with Gasteiger partial charge in [0.1, 0.15) is 23.7 Å². The summed E-state index contributed by atoms with van der Waals surface area (Å²) >= 11 is 0. The average Bonchev–Trinajstić information content (AvgIpc) is 2.31. The zero-order chi connectivity index (χ0) is 12.0. The number of hydrogen-bond acceptors (Lipinski definition) is 4. The summed E-state index contributed by atoms with van der Waals surface area (Å²) in [4.78, 5) is 3.74. The Bertz CT molecular complexity index is 514. The number of allylic oxidation sites excluding steroid dienone is 2. The van der Waals surface area contributed by atoms with Crippen LogP contribution in [0.1, 0.15) is 5.56 Å². The Kier molecular flexibility index (Phi) is 3.77. The smallest absolute Gasteiger partial charge is 0.174 e. The fraction of sp³-hybridized carbons (Fsp3) is 0. The molecular weight excluding hydrogens is 207 g/mol. The van der Waals surface area contributed by atoms with E-state index in [1.54, 1.807) is 12.1 Å². The summed E-state index contributed by atoms with van der Waals surface area (Å²) in [7, 11) is 0. The quantitative estimate of drug-likeness (QED) is 0.597. The summed E-state index contributed by atoms with van der Waals surface area (Å²) in [5.74, 6) is -0.357.